The Hall–Kier alpha value is -1.36. The minimum atomic E-state index is -1.02. The average molecular weight is 264 g/mol. The fraction of sp³-hybridized carbons (Fsp3) is 0.714. The third-order valence-corrected chi connectivity index (χ3v) is 4.50. The van der Waals surface area contributed by atoms with Crippen molar-refractivity contribution in [3.8, 4) is 0 Å². The summed E-state index contributed by atoms with van der Waals surface area (Å²) in [6.07, 6.45) is 7.87. The predicted molar refractivity (Wildman–Crippen MR) is 68.9 cm³/mol. The second-order valence-corrected chi connectivity index (χ2v) is 5.71. The van der Waals surface area contributed by atoms with Crippen molar-refractivity contribution < 1.29 is 14.4 Å². The van der Waals surface area contributed by atoms with Crippen molar-refractivity contribution in [3.05, 3.63) is 17.5 Å². The molecular weight excluding hydrogens is 244 g/mol. The van der Waals surface area contributed by atoms with Crippen molar-refractivity contribution >= 4 is 5.97 Å². The highest BCUT2D eigenvalue weighted by atomic mass is 16.5. The zero-order chi connectivity index (χ0) is 13.2. The van der Waals surface area contributed by atoms with E-state index in [2.05, 4.69) is 10.1 Å². The molecule has 1 aliphatic heterocycles. The largest absolute Gasteiger partial charge is 0.476 e. The molecule has 1 aromatic heterocycles. The SMILES string of the molecule is O=C(O)c1cc(CN2CCC[C@H]3CCCC[C@H]32)on1. The zero-order valence-corrected chi connectivity index (χ0v) is 11.0. The number of aromatic nitrogens is 1. The number of fused-ring (bicyclic) bond motifs is 1. The van der Waals surface area contributed by atoms with Gasteiger partial charge >= 0.3 is 5.97 Å². The van der Waals surface area contributed by atoms with Gasteiger partial charge in [0.15, 0.2) is 11.5 Å². The van der Waals surface area contributed by atoms with Gasteiger partial charge in [0.1, 0.15) is 0 Å². The van der Waals surface area contributed by atoms with Crippen LogP contribution in [0.15, 0.2) is 10.6 Å². The summed E-state index contributed by atoms with van der Waals surface area (Å²) in [5, 5.41) is 12.4. The number of hydrogen-bond donors (Lipinski definition) is 1. The Bertz CT molecular complexity index is 455. The van der Waals surface area contributed by atoms with E-state index in [0.717, 1.165) is 12.5 Å². The molecule has 2 fully saturated rings. The minimum Gasteiger partial charge on any atom is -0.476 e. The Labute approximate surface area is 112 Å². The third kappa shape index (κ3) is 2.66. The van der Waals surface area contributed by atoms with E-state index in [1.165, 1.54) is 38.5 Å². The summed E-state index contributed by atoms with van der Waals surface area (Å²) in [6, 6.07) is 2.20. The minimum absolute atomic E-state index is 0.00667. The summed E-state index contributed by atoms with van der Waals surface area (Å²) in [5.41, 5.74) is 0.00667. The number of carboxylic acids is 1. The van der Waals surface area contributed by atoms with E-state index in [0.29, 0.717) is 18.3 Å². The maximum absolute atomic E-state index is 10.8. The molecule has 0 amide bonds. The van der Waals surface area contributed by atoms with Crippen molar-refractivity contribution in [1.82, 2.24) is 10.1 Å². The van der Waals surface area contributed by atoms with E-state index in [4.69, 9.17) is 9.63 Å². The lowest BCUT2D eigenvalue weighted by Gasteiger charge is -2.43. The average Bonchev–Trinajstić information content (AvgIpc) is 2.88. The first-order valence-corrected chi connectivity index (χ1v) is 7.17. The zero-order valence-electron chi connectivity index (χ0n) is 11.0. The maximum atomic E-state index is 10.8. The second-order valence-electron chi connectivity index (χ2n) is 5.71. The van der Waals surface area contributed by atoms with Crippen LogP contribution in [0.25, 0.3) is 0 Å². The maximum Gasteiger partial charge on any atom is 0.358 e. The van der Waals surface area contributed by atoms with Gasteiger partial charge in [-0.3, -0.25) is 4.90 Å². The lowest BCUT2D eigenvalue weighted by molar-refractivity contribution is 0.0479. The molecular formula is C14H20N2O3. The van der Waals surface area contributed by atoms with Gasteiger partial charge in [0, 0.05) is 12.1 Å². The van der Waals surface area contributed by atoms with Gasteiger partial charge in [-0.15, -0.1) is 0 Å². The summed E-state index contributed by atoms with van der Waals surface area (Å²) in [5.74, 6) is 0.470. The van der Waals surface area contributed by atoms with Crippen molar-refractivity contribution in [3.63, 3.8) is 0 Å². The highest BCUT2D eigenvalue weighted by Crippen LogP contribution is 2.35. The van der Waals surface area contributed by atoms with Crippen LogP contribution in [0.1, 0.15) is 54.8 Å². The van der Waals surface area contributed by atoms with E-state index in [1.54, 1.807) is 6.07 Å². The highest BCUT2D eigenvalue weighted by molar-refractivity contribution is 5.85. The van der Waals surface area contributed by atoms with E-state index < -0.39 is 5.97 Å². The van der Waals surface area contributed by atoms with Crippen LogP contribution in [-0.4, -0.2) is 33.7 Å². The number of hydrogen-bond acceptors (Lipinski definition) is 4. The summed E-state index contributed by atoms with van der Waals surface area (Å²) in [6.45, 7) is 1.78. The molecule has 5 nitrogen and oxygen atoms in total. The fourth-order valence-electron chi connectivity index (χ4n) is 3.61. The molecule has 1 saturated heterocycles. The Morgan fingerprint density at radius 3 is 2.95 bits per heavy atom. The Morgan fingerprint density at radius 2 is 2.16 bits per heavy atom. The van der Waals surface area contributed by atoms with Crippen LogP contribution < -0.4 is 0 Å². The highest BCUT2D eigenvalue weighted by Gasteiger charge is 2.33. The standard InChI is InChI=1S/C14H20N2O3/c17-14(18)12-8-11(19-15-12)9-16-7-3-5-10-4-1-2-6-13(10)16/h8,10,13H,1-7,9H2,(H,17,18)/t10-,13-/m1/s1. The molecule has 2 heterocycles. The molecule has 5 heteroatoms. The molecule has 2 aliphatic rings. The summed E-state index contributed by atoms with van der Waals surface area (Å²) >= 11 is 0. The Morgan fingerprint density at radius 1 is 1.37 bits per heavy atom. The van der Waals surface area contributed by atoms with Crippen LogP contribution >= 0.6 is 0 Å². The molecule has 0 radical (unpaired) electrons. The molecule has 104 valence electrons. The summed E-state index contributed by atoms with van der Waals surface area (Å²) in [7, 11) is 0. The number of aromatic carboxylic acids is 1. The van der Waals surface area contributed by atoms with Gasteiger partial charge in [-0.1, -0.05) is 18.0 Å². The first kappa shape index (κ1) is 12.7. The van der Waals surface area contributed by atoms with Gasteiger partial charge in [0.05, 0.1) is 6.54 Å². The normalized spacial score (nSPS) is 28.0. The van der Waals surface area contributed by atoms with Crippen LogP contribution in [0, 0.1) is 5.92 Å². The van der Waals surface area contributed by atoms with Crippen LogP contribution in [-0.2, 0) is 6.54 Å². The van der Waals surface area contributed by atoms with Gasteiger partial charge in [-0.2, -0.15) is 0 Å². The number of carboxylic acid groups (broad SMARTS) is 1. The molecule has 2 atom stereocenters. The van der Waals surface area contributed by atoms with Crippen LogP contribution in [0.4, 0.5) is 0 Å². The first-order chi connectivity index (χ1) is 9.24. The number of nitrogens with zero attached hydrogens (tertiary/aromatic N) is 2. The van der Waals surface area contributed by atoms with E-state index in [9.17, 15) is 4.79 Å². The molecule has 0 spiro atoms. The summed E-state index contributed by atoms with van der Waals surface area (Å²) in [4.78, 5) is 13.3. The quantitative estimate of drug-likeness (QED) is 0.908. The number of likely N-dealkylation sites (tertiary alicyclic amines) is 1. The molecule has 1 aromatic rings. The van der Waals surface area contributed by atoms with Crippen molar-refractivity contribution in [1.29, 1.82) is 0 Å². The molecule has 0 unspecified atom stereocenters. The Balaban J connectivity index is 1.68. The second kappa shape index (κ2) is 5.33. The smallest absolute Gasteiger partial charge is 0.358 e. The van der Waals surface area contributed by atoms with Gasteiger partial charge in [0.2, 0.25) is 0 Å². The number of rotatable bonds is 3. The van der Waals surface area contributed by atoms with Gasteiger partial charge < -0.3 is 9.63 Å². The fourth-order valence-corrected chi connectivity index (χ4v) is 3.61. The molecule has 19 heavy (non-hydrogen) atoms. The monoisotopic (exact) mass is 264 g/mol. The predicted octanol–water partition coefficient (Wildman–Crippen LogP) is 2.53. The van der Waals surface area contributed by atoms with Crippen molar-refractivity contribution in [2.45, 2.75) is 51.1 Å². The van der Waals surface area contributed by atoms with Gasteiger partial charge in [-0.25, -0.2) is 4.79 Å². The van der Waals surface area contributed by atoms with Crippen LogP contribution in [0.5, 0.6) is 0 Å². The van der Waals surface area contributed by atoms with Crippen molar-refractivity contribution in [2.24, 2.45) is 5.92 Å². The number of piperidine rings is 1. The molecule has 3 rings (SSSR count). The number of carbonyl (C=O) groups is 1. The van der Waals surface area contributed by atoms with E-state index >= 15 is 0 Å². The van der Waals surface area contributed by atoms with Crippen LogP contribution in [0.3, 0.4) is 0 Å². The first-order valence-electron chi connectivity index (χ1n) is 7.17. The van der Waals surface area contributed by atoms with E-state index in [1.807, 2.05) is 0 Å². The van der Waals surface area contributed by atoms with E-state index in [-0.39, 0.29) is 5.69 Å². The molecule has 1 aliphatic carbocycles. The third-order valence-electron chi connectivity index (χ3n) is 4.50. The molecule has 1 saturated carbocycles. The van der Waals surface area contributed by atoms with Crippen molar-refractivity contribution in [2.75, 3.05) is 6.54 Å². The molecule has 1 N–H and O–H groups in total. The van der Waals surface area contributed by atoms with Gasteiger partial charge in [0.25, 0.3) is 0 Å². The summed E-state index contributed by atoms with van der Waals surface area (Å²) < 4.78 is 5.14. The topological polar surface area (TPSA) is 66.6 Å². The molecule has 0 bridgehead atoms. The van der Waals surface area contributed by atoms with Crippen LogP contribution in [0.2, 0.25) is 0 Å². The van der Waals surface area contributed by atoms with Gasteiger partial charge in [-0.05, 0) is 38.1 Å². The lowest BCUT2D eigenvalue weighted by Crippen LogP contribution is -2.46. The lowest BCUT2D eigenvalue weighted by atomic mass is 9.78. The molecule has 0 aromatic carbocycles. The Kier molecular flexibility index (Phi) is 3.55.